The predicted molar refractivity (Wildman–Crippen MR) is 62.1 cm³/mol. The van der Waals surface area contributed by atoms with Crippen LogP contribution in [-0.4, -0.2) is 5.67 Å². The molecule has 0 aromatic rings. The molecule has 0 fully saturated rings. The lowest BCUT2D eigenvalue weighted by Crippen LogP contribution is -2.51. The summed E-state index contributed by atoms with van der Waals surface area (Å²) in [6, 6.07) is 0. The zero-order chi connectivity index (χ0) is 11.7. The quantitative estimate of drug-likeness (QED) is 0.620. The molecule has 0 aliphatic rings. The van der Waals surface area contributed by atoms with Gasteiger partial charge in [0, 0.05) is 5.41 Å². The predicted octanol–water partition coefficient (Wildman–Crippen LogP) is 4.69. The molecule has 0 rings (SSSR count). The van der Waals surface area contributed by atoms with Crippen LogP contribution in [0.5, 0.6) is 0 Å². The van der Waals surface area contributed by atoms with E-state index in [1.54, 1.807) is 6.92 Å². The highest BCUT2D eigenvalue weighted by atomic mass is 19.1. The van der Waals surface area contributed by atoms with Crippen molar-refractivity contribution in [2.75, 3.05) is 0 Å². The van der Waals surface area contributed by atoms with Crippen molar-refractivity contribution in [2.45, 2.75) is 61.1 Å². The molecule has 0 saturated heterocycles. The standard InChI is InChI=1S/C13H27F/c1-9(2)12(7,10(3)4)13(8,14)11(5)6/h9-11H,1-8H3. The van der Waals surface area contributed by atoms with Crippen LogP contribution < -0.4 is 0 Å². The van der Waals surface area contributed by atoms with Crippen molar-refractivity contribution in [3.8, 4) is 0 Å². The smallest absolute Gasteiger partial charge is 0.116 e. The normalized spacial score (nSPS) is 18.0. The fourth-order valence-corrected chi connectivity index (χ4v) is 2.42. The molecule has 0 N–H and O–H groups in total. The van der Waals surface area contributed by atoms with E-state index in [9.17, 15) is 4.39 Å². The van der Waals surface area contributed by atoms with Gasteiger partial charge in [-0.3, -0.25) is 0 Å². The molecular weight excluding hydrogens is 175 g/mol. The molecule has 0 saturated carbocycles. The molecule has 14 heavy (non-hydrogen) atoms. The average Bonchev–Trinajstić information content (AvgIpc) is 2.01. The Morgan fingerprint density at radius 1 is 0.714 bits per heavy atom. The minimum Gasteiger partial charge on any atom is -0.243 e. The molecule has 1 atom stereocenters. The average molecular weight is 202 g/mol. The Labute approximate surface area is 89.3 Å². The van der Waals surface area contributed by atoms with E-state index < -0.39 is 5.67 Å². The van der Waals surface area contributed by atoms with Crippen LogP contribution in [0.25, 0.3) is 0 Å². The Morgan fingerprint density at radius 2 is 1.00 bits per heavy atom. The first-order chi connectivity index (χ1) is 6.08. The van der Waals surface area contributed by atoms with Crippen LogP contribution in [0, 0.1) is 23.2 Å². The summed E-state index contributed by atoms with van der Waals surface area (Å²) < 4.78 is 14.8. The highest BCUT2D eigenvalue weighted by molar-refractivity contribution is 4.99. The van der Waals surface area contributed by atoms with E-state index in [1.165, 1.54) is 0 Å². The molecule has 0 radical (unpaired) electrons. The zero-order valence-electron chi connectivity index (χ0n) is 11.1. The fourth-order valence-electron chi connectivity index (χ4n) is 2.42. The molecule has 0 aliphatic heterocycles. The molecule has 0 nitrogen and oxygen atoms in total. The molecule has 0 heterocycles. The van der Waals surface area contributed by atoms with E-state index in [1.807, 2.05) is 13.8 Å². The van der Waals surface area contributed by atoms with E-state index >= 15 is 0 Å². The summed E-state index contributed by atoms with van der Waals surface area (Å²) in [5, 5.41) is 0. The van der Waals surface area contributed by atoms with E-state index in [4.69, 9.17) is 0 Å². The van der Waals surface area contributed by atoms with E-state index in [-0.39, 0.29) is 11.3 Å². The zero-order valence-corrected chi connectivity index (χ0v) is 11.1. The summed E-state index contributed by atoms with van der Waals surface area (Å²) in [5.74, 6) is 0.789. The lowest BCUT2D eigenvalue weighted by molar-refractivity contribution is -0.0826. The molecule has 0 bridgehead atoms. The van der Waals surface area contributed by atoms with Crippen molar-refractivity contribution in [3.63, 3.8) is 0 Å². The number of hydrogen-bond donors (Lipinski definition) is 0. The fraction of sp³-hybridized carbons (Fsp3) is 1.00. The Hall–Kier alpha value is -0.0700. The number of rotatable bonds is 4. The number of halogens is 1. The van der Waals surface area contributed by atoms with Gasteiger partial charge in [0.2, 0.25) is 0 Å². The van der Waals surface area contributed by atoms with Crippen molar-refractivity contribution >= 4 is 0 Å². The maximum atomic E-state index is 14.8. The van der Waals surface area contributed by atoms with Gasteiger partial charge in [0.1, 0.15) is 5.67 Å². The van der Waals surface area contributed by atoms with Crippen LogP contribution in [0.15, 0.2) is 0 Å². The Morgan fingerprint density at radius 3 is 1.07 bits per heavy atom. The third-order valence-corrected chi connectivity index (χ3v) is 4.54. The maximum Gasteiger partial charge on any atom is 0.116 e. The van der Waals surface area contributed by atoms with Gasteiger partial charge in [0.25, 0.3) is 0 Å². The van der Waals surface area contributed by atoms with Crippen molar-refractivity contribution in [2.24, 2.45) is 23.2 Å². The molecule has 0 amide bonds. The first kappa shape index (κ1) is 13.9. The summed E-state index contributed by atoms with van der Waals surface area (Å²) in [5.41, 5.74) is -1.35. The minimum absolute atomic E-state index is 0.0669. The van der Waals surface area contributed by atoms with Gasteiger partial charge >= 0.3 is 0 Å². The van der Waals surface area contributed by atoms with Gasteiger partial charge in [-0.1, -0.05) is 48.5 Å². The van der Waals surface area contributed by atoms with E-state index in [0.29, 0.717) is 11.8 Å². The number of alkyl halides is 1. The highest BCUT2D eigenvalue weighted by Gasteiger charge is 2.50. The summed E-state index contributed by atoms with van der Waals surface area (Å²) in [4.78, 5) is 0. The molecule has 1 heteroatoms. The lowest BCUT2D eigenvalue weighted by atomic mass is 9.58. The Balaban J connectivity index is 5.21. The molecule has 1 unspecified atom stereocenters. The summed E-state index contributed by atoms with van der Waals surface area (Å²) >= 11 is 0. The highest BCUT2D eigenvalue weighted by Crippen LogP contribution is 2.50. The van der Waals surface area contributed by atoms with E-state index in [2.05, 4.69) is 34.6 Å². The summed E-state index contributed by atoms with van der Waals surface area (Å²) in [6.07, 6.45) is 0. The third kappa shape index (κ3) is 1.97. The first-order valence-corrected chi connectivity index (χ1v) is 5.77. The van der Waals surface area contributed by atoms with Crippen LogP contribution >= 0.6 is 0 Å². The van der Waals surface area contributed by atoms with Gasteiger partial charge < -0.3 is 0 Å². The van der Waals surface area contributed by atoms with E-state index in [0.717, 1.165) is 0 Å². The molecular formula is C13H27F. The second-order valence-electron chi connectivity index (χ2n) is 5.82. The molecule has 0 spiro atoms. The summed E-state index contributed by atoms with van der Waals surface area (Å²) in [6.45, 7) is 16.3. The van der Waals surface area contributed by atoms with Crippen molar-refractivity contribution in [1.29, 1.82) is 0 Å². The first-order valence-electron chi connectivity index (χ1n) is 5.77. The van der Waals surface area contributed by atoms with Crippen molar-refractivity contribution in [1.82, 2.24) is 0 Å². The Kier molecular flexibility index (Phi) is 4.18. The van der Waals surface area contributed by atoms with Gasteiger partial charge in [0.15, 0.2) is 0 Å². The molecule has 0 aliphatic carbocycles. The summed E-state index contributed by atoms with van der Waals surface area (Å²) in [7, 11) is 0. The third-order valence-electron chi connectivity index (χ3n) is 4.54. The topological polar surface area (TPSA) is 0 Å². The van der Waals surface area contributed by atoms with Gasteiger partial charge in [-0.15, -0.1) is 0 Å². The lowest BCUT2D eigenvalue weighted by Gasteiger charge is -2.49. The maximum absolute atomic E-state index is 14.8. The van der Waals surface area contributed by atoms with Crippen LogP contribution in [0.1, 0.15) is 55.4 Å². The van der Waals surface area contributed by atoms with Crippen LogP contribution in [0.2, 0.25) is 0 Å². The molecule has 0 aromatic carbocycles. The van der Waals surface area contributed by atoms with Crippen molar-refractivity contribution in [3.05, 3.63) is 0 Å². The SMILES string of the molecule is CC(C)C(C)(F)C(C)(C(C)C)C(C)C. The van der Waals surface area contributed by atoms with Crippen LogP contribution in [-0.2, 0) is 0 Å². The van der Waals surface area contributed by atoms with Gasteiger partial charge in [-0.25, -0.2) is 4.39 Å². The second kappa shape index (κ2) is 4.20. The van der Waals surface area contributed by atoms with Gasteiger partial charge in [0.05, 0.1) is 0 Å². The molecule has 86 valence electrons. The second-order valence-corrected chi connectivity index (χ2v) is 5.82. The monoisotopic (exact) mass is 202 g/mol. The van der Waals surface area contributed by atoms with Gasteiger partial charge in [-0.2, -0.15) is 0 Å². The van der Waals surface area contributed by atoms with Crippen molar-refractivity contribution < 1.29 is 4.39 Å². The minimum atomic E-state index is -1.10. The Bertz CT molecular complexity index is 170. The number of hydrogen-bond acceptors (Lipinski definition) is 0. The molecule has 0 aromatic heterocycles. The van der Waals surface area contributed by atoms with Crippen LogP contribution in [0.4, 0.5) is 4.39 Å². The van der Waals surface area contributed by atoms with Gasteiger partial charge in [-0.05, 0) is 24.7 Å². The largest absolute Gasteiger partial charge is 0.243 e. The van der Waals surface area contributed by atoms with Crippen LogP contribution in [0.3, 0.4) is 0 Å².